The Morgan fingerprint density at radius 2 is 2.15 bits per heavy atom. The van der Waals surface area contributed by atoms with Gasteiger partial charge in [0.05, 0.1) is 11.3 Å². The third kappa shape index (κ3) is 3.20. The molecular formula is C16H19NO2S. The van der Waals surface area contributed by atoms with E-state index in [-0.39, 0.29) is 6.04 Å². The standard InChI is InChI=1S/C16H19NO2S/c1-11-6-7-15(14(9-11)16(18)19)17(3)12(2)10-13-5-4-8-20-13/h4-9,12H,10H2,1-3H3,(H,18,19). The fourth-order valence-corrected chi connectivity index (χ4v) is 3.05. The molecule has 4 heteroatoms. The summed E-state index contributed by atoms with van der Waals surface area (Å²) >= 11 is 1.73. The lowest BCUT2D eigenvalue weighted by Gasteiger charge is -2.28. The molecular weight excluding hydrogens is 270 g/mol. The normalized spacial score (nSPS) is 12.2. The number of anilines is 1. The van der Waals surface area contributed by atoms with Gasteiger partial charge in [-0.25, -0.2) is 4.79 Å². The second-order valence-electron chi connectivity index (χ2n) is 5.07. The van der Waals surface area contributed by atoms with Gasteiger partial charge in [0.2, 0.25) is 0 Å². The maximum Gasteiger partial charge on any atom is 0.337 e. The van der Waals surface area contributed by atoms with Crippen molar-refractivity contribution in [1.29, 1.82) is 0 Å². The Bertz CT molecular complexity index is 593. The van der Waals surface area contributed by atoms with Crippen LogP contribution in [0.15, 0.2) is 35.7 Å². The number of carboxylic acid groups (broad SMARTS) is 1. The monoisotopic (exact) mass is 289 g/mol. The van der Waals surface area contributed by atoms with Crippen LogP contribution in [-0.2, 0) is 6.42 Å². The van der Waals surface area contributed by atoms with Crippen molar-refractivity contribution in [2.24, 2.45) is 0 Å². The molecule has 1 unspecified atom stereocenters. The van der Waals surface area contributed by atoms with Crippen molar-refractivity contribution < 1.29 is 9.90 Å². The van der Waals surface area contributed by atoms with Crippen LogP contribution in [0.5, 0.6) is 0 Å². The van der Waals surface area contributed by atoms with E-state index >= 15 is 0 Å². The Balaban J connectivity index is 2.24. The number of benzene rings is 1. The minimum atomic E-state index is -0.876. The molecule has 0 aliphatic carbocycles. The number of thiophene rings is 1. The highest BCUT2D eigenvalue weighted by Gasteiger charge is 2.18. The summed E-state index contributed by atoms with van der Waals surface area (Å²) in [6.45, 7) is 4.02. The topological polar surface area (TPSA) is 40.5 Å². The largest absolute Gasteiger partial charge is 0.478 e. The van der Waals surface area contributed by atoms with Crippen molar-refractivity contribution in [1.82, 2.24) is 0 Å². The zero-order chi connectivity index (χ0) is 14.7. The molecule has 20 heavy (non-hydrogen) atoms. The van der Waals surface area contributed by atoms with Crippen LogP contribution in [0, 0.1) is 6.92 Å². The molecule has 1 aromatic heterocycles. The first-order valence-electron chi connectivity index (χ1n) is 6.58. The maximum atomic E-state index is 11.4. The predicted molar refractivity (Wildman–Crippen MR) is 84.0 cm³/mol. The second kappa shape index (κ2) is 6.09. The van der Waals surface area contributed by atoms with E-state index in [1.54, 1.807) is 17.4 Å². The molecule has 1 N–H and O–H groups in total. The zero-order valence-electron chi connectivity index (χ0n) is 12.0. The van der Waals surface area contributed by atoms with Crippen molar-refractivity contribution >= 4 is 23.0 Å². The van der Waals surface area contributed by atoms with Gasteiger partial charge in [0.1, 0.15) is 0 Å². The molecule has 1 heterocycles. The third-order valence-electron chi connectivity index (χ3n) is 3.50. The van der Waals surface area contributed by atoms with Gasteiger partial charge in [-0.3, -0.25) is 0 Å². The minimum Gasteiger partial charge on any atom is -0.478 e. The summed E-state index contributed by atoms with van der Waals surface area (Å²) < 4.78 is 0. The SMILES string of the molecule is Cc1ccc(N(C)C(C)Cc2cccs2)c(C(=O)O)c1. The van der Waals surface area contributed by atoms with Gasteiger partial charge in [-0.05, 0) is 37.4 Å². The summed E-state index contributed by atoms with van der Waals surface area (Å²) in [7, 11) is 1.95. The van der Waals surface area contributed by atoms with E-state index in [1.165, 1.54) is 4.88 Å². The molecule has 0 spiro atoms. The van der Waals surface area contributed by atoms with Gasteiger partial charge in [0.25, 0.3) is 0 Å². The average molecular weight is 289 g/mol. The van der Waals surface area contributed by atoms with Crippen molar-refractivity contribution in [2.75, 3.05) is 11.9 Å². The number of carboxylic acids is 1. The minimum absolute atomic E-state index is 0.245. The summed E-state index contributed by atoms with van der Waals surface area (Å²) in [5.74, 6) is -0.876. The summed E-state index contributed by atoms with van der Waals surface area (Å²) in [5.41, 5.74) is 2.10. The number of aromatic carboxylic acids is 1. The van der Waals surface area contributed by atoms with Crippen LogP contribution >= 0.6 is 11.3 Å². The molecule has 1 aromatic carbocycles. The Morgan fingerprint density at radius 1 is 1.40 bits per heavy atom. The lowest BCUT2D eigenvalue weighted by atomic mass is 10.1. The number of aryl methyl sites for hydroxylation is 1. The highest BCUT2D eigenvalue weighted by atomic mass is 32.1. The Kier molecular flexibility index (Phi) is 4.45. The zero-order valence-corrected chi connectivity index (χ0v) is 12.8. The molecule has 0 aliphatic rings. The van der Waals surface area contributed by atoms with E-state index in [2.05, 4.69) is 18.4 Å². The maximum absolute atomic E-state index is 11.4. The Hall–Kier alpha value is -1.81. The van der Waals surface area contributed by atoms with E-state index < -0.39 is 5.97 Å². The number of hydrogen-bond acceptors (Lipinski definition) is 3. The van der Waals surface area contributed by atoms with Crippen LogP contribution in [0.1, 0.15) is 27.7 Å². The summed E-state index contributed by atoms with van der Waals surface area (Å²) in [6.07, 6.45) is 0.918. The molecule has 0 amide bonds. The second-order valence-corrected chi connectivity index (χ2v) is 6.10. The van der Waals surface area contributed by atoms with Crippen LogP contribution < -0.4 is 4.90 Å². The van der Waals surface area contributed by atoms with Crippen molar-refractivity contribution in [3.8, 4) is 0 Å². The van der Waals surface area contributed by atoms with Gasteiger partial charge in [0.15, 0.2) is 0 Å². The van der Waals surface area contributed by atoms with Gasteiger partial charge in [-0.1, -0.05) is 17.7 Å². The molecule has 0 saturated heterocycles. The highest BCUT2D eigenvalue weighted by molar-refractivity contribution is 7.09. The molecule has 106 valence electrons. The Morgan fingerprint density at radius 3 is 2.75 bits per heavy atom. The average Bonchev–Trinajstić information content (AvgIpc) is 2.90. The van der Waals surface area contributed by atoms with Crippen molar-refractivity contribution in [3.63, 3.8) is 0 Å². The number of likely N-dealkylation sites (N-methyl/N-ethyl adjacent to an activating group) is 1. The van der Waals surface area contributed by atoms with Crippen LogP contribution in [0.25, 0.3) is 0 Å². The third-order valence-corrected chi connectivity index (χ3v) is 4.40. The van der Waals surface area contributed by atoms with E-state index in [4.69, 9.17) is 0 Å². The molecule has 3 nitrogen and oxygen atoms in total. The van der Waals surface area contributed by atoms with Gasteiger partial charge < -0.3 is 10.0 Å². The van der Waals surface area contributed by atoms with Crippen LogP contribution in [-0.4, -0.2) is 24.2 Å². The van der Waals surface area contributed by atoms with E-state index in [0.717, 1.165) is 17.7 Å². The summed E-state index contributed by atoms with van der Waals surface area (Å²) in [4.78, 5) is 14.8. The molecule has 2 rings (SSSR count). The molecule has 0 bridgehead atoms. The first-order valence-corrected chi connectivity index (χ1v) is 7.46. The Labute approximate surface area is 123 Å². The highest BCUT2D eigenvalue weighted by Crippen LogP contribution is 2.24. The number of rotatable bonds is 5. The number of hydrogen-bond donors (Lipinski definition) is 1. The van der Waals surface area contributed by atoms with Crippen LogP contribution in [0.2, 0.25) is 0 Å². The molecule has 0 fully saturated rings. The van der Waals surface area contributed by atoms with Gasteiger partial charge in [-0.15, -0.1) is 11.3 Å². The fourth-order valence-electron chi connectivity index (χ4n) is 2.22. The molecule has 0 saturated carbocycles. The number of nitrogens with zero attached hydrogens (tertiary/aromatic N) is 1. The fraction of sp³-hybridized carbons (Fsp3) is 0.312. The summed E-state index contributed by atoms with van der Waals surface area (Å²) in [6, 6.07) is 9.98. The van der Waals surface area contributed by atoms with E-state index in [0.29, 0.717) is 5.56 Å². The predicted octanol–water partition coefficient (Wildman–Crippen LogP) is 3.82. The lowest BCUT2D eigenvalue weighted by Crippen LogP contribution is -2.31. The smallest absolute Gasteiger partial charge is 0.337 e. The first-order chi connectivity index (χ1) is 9.49. The van der Waals surface area contributed by atoms with Gasteiger partial charge in [0, 0.05) is 24.4 Å². The van der Waals surface area contributed by atoms with Gasteiger partial charge >= 0.3 is 5.97 Å². The van der Waals surface area contributed by atoms with E-state index in [1.807, 2.05) is 37.1 Å². The van der Waals surface area contributed by atoms with Crippen molar-refractivity contribution in [2.45, 2.75) is 26.3 Å². The van der Waals surface area contributed by atoms with Gasteiger partial charge in [-0.2, -0.15) is 0 Å². The molecule has 1 atom stereocenters. The molecule has 0 radical (unpaired) electrons. The van der Waals surface area contributed by atoms with Crippen molar-refractivity contribution in [3.05, 3.63) is 51.7 Å². The van der Waals surface area contributed by atoms with Crippen LogP contribution in [0.4, 0.5) is 5.69 Å². The quantitative estimate of drug-likeness (QED) is 0.909. The first kappa shape index (κ1) is 14.6. The van der Waals surface area contributed by atoms with E-state index in [9.17, 15) is 9.90 Å². The molecule has 2 aromatic rings. The molecule has 0 aliphatic heterocycles. The lowest BCUT2D eigenvalue weighted by molar-refractivity contribution is 0.0697. The number of carbonyl (C=O) groups is 1. The summed E-state index contributed by atoms with van der Waals surface area (Å²) in [5, 5.41) is 11.4. The van der Waals surface area contributed by atoms with Crippen LogP contribution in [0.3, 0.4) is 0 Å².